The highest BCUT2D eigenvalue weighted by Crippen LogP contribution is 2.30. The largest absolute Gasteiger partial charge is 0.339 e. The summed E-state index contributed by atoms with van der Waals surface area (Å²) in [5.41, 5.74) is 0.534. The minimum absolute atomic E-state index is 0.0306. The van der Waals surface area contributed by atoms with Crippen molar-refractivity contribution in [2.75, 3.05) is 7.05 Å². The molecule has 3 nitrogen and oxygen atoms in total. The maximum atomic E-state index is 13.2. The predicted octanol–water partition coefficient (Wildman–Crippen LogP) is 2.94. The van der Waals surface area contributed by atoms with E-state index in [0.717, 1.165) is 12.8 Å². The second-order valence-corrected chi connectivity index (χ2v) is 6.66. The van der Waals surface area contributed by atoms with E-state index in [9.17, 15) is 9.18 Å². The average molecular weight is 341 g/mol. The van der Waals surface area contributed by atoms with E-state index in [1.54, 1.807) is 12.1 Å². The molecule has 0 spiro atoms. The summed E-state index contributed by atoms with van der Waals surface area (Å²) in [6.07, 6.45) is 4.46. The molecule has 2 aliphatic rings. The third-order valence-electron chi connectivity index (χ3n) is 4.48. The standard InChI is InChI=1S/C15H18BrFN2O/c1-19(12-7-10-3-4-11(8-12)18-10)15(20)9-2-5-14(17)13(16)6-9/h2,5-6,10-12,18H,3-4,7-8H2,1H3/t10-,11+,12?. The van der Waals surface area contributed by atoms with Crippen molar-refractivity contribution in [3.63, 3.8) is 0 Å². The molecule has 5 heteroatoms. The van der Waals surface area contributed by atoms with Gasteiger partial charge in [-0.3, -0.25) is 4.79 Å². The third-order valence-corrected chi connectivity index (χ3v) is 5.09. The highest BCUT2D eigenvalue weighted by atomic mass is 79.9. The van der Waals surface area contributed by atoms with E-state index in [0.29, 0.717) is 22.1 Å². The van der Waals surface area contributed by atoms with Gasteiger partial charge < -0.3 is 10.2 Å². The molecule has 2 heterocycles. The summed E-state index contributed by atoms with van der Waals surface area (Å²) in [5.74, 6) is -0.374. The van der Waals surface area contributed by atoms with E-state index in [4.69, 9.17) is 0 Å². The van der Waals surface area contributed by atoms with Gasteiger partial charge in [-0.2, -0.15) is 0 Å². The lowest BCUT2D eigenvalue weighted by atomic mass is 9.98. The fourth-order valence-electron chi connectivity index (χ4n) is 3.34. The zero-order valence-electron chi connectivity index (χ0n) is 11.4. The van der Waals surface area contributed by atoms with Gasteiger partial charge in [0.1, 0.15) is 5.82 Å². The predicted molar refractivity (Wildman–Crippen MR) is 79.2 cm³/mol. The second kappa shape index (κ2) is 5.45. The first kappa shape index (κ1) is 14.0. The van der Waals surface area contributed by atoms with Crippen LogP contribution >= 0.6 is 15.9 Å². The van der Waals surface area contributed by atoms with Gasteiger partial charge in [0.05, 0.1) is 4.47 Å². The summed E-state index contributed by atoms with van der Waals surface area (Å²) in [4.78, 5) is 14.3. The number of rotatable bonds is 2. The Balaban J connectivity index is 1.74. The van der Waals surface area contributed by atoms with Crippen molar-refractivity contribution < 1.29 is 9.18 Å². The van der Waals surface area contributed by atoms with Gasteiger partial charge in [-0.15, -0.1) is 0 Å². The molecule has 108 valence electrons. The Morgan fingerprint density at radius 1 is 1.35 bits per heavy atom. The molecule has 2 saturated heterocycles. The summed E-state index contributed by atoms with van der Waals surface area (Å²) in [6, 6.07) is 5.82. The molecule has 2 aliphatic heterocycles. The van der Waals surface area contributed by atoms with Crippen LogP contribution < -0.4 is 5.32 Å². The van der Waals surface area contributed by atoms with Gasteiger partial charge >= 0.3 is 0 Å². The zero-order chi connectivity index (χ0) is 14.3. The number of carbonyl (C=O) groups excluding carboxylic acids is 1. The number of hydrogen-bond donors (Lipinski definition) is 1. The molecule has 1 aromatic rings. The van der Waals surface area contributed by atoms with Crippen molar-refractivity contribution in [1.29, 1.82) is 0 Å². The summed E-state index contributed by atoms with van der Waals surface area (Å²) in [5, 5.41) is 3.58. The van der Waals surface area contributed by atoms with Gasteiger partial charge in [0.25, 0.3) is 5.91 Å². The Labute approximate surface area is 126 Å². The van der Waals surface area contributed by atoms with Crippen LogP contribution in [0.25, 0.3) is 0 Å². The van der Waals surface area contributed by atoms with Gasteiger partial charge in [-0.1, -0.05) is 0 Å². The monoisotopic (exact) mass is 340 g/mol. The van der Waals surface area contributed by atoms with E-state index < -0.39 is 0 Å². The van der Waals surface area contributed by atoms with Crippen LogP contribution in [0.2, 0.25) is 0 Å². The van der Waals surface area contributed by atoms with Crippen LogP contribution in [0.15, 0.2) is 22.7 Å². The van der Waals surface area contributed by atoms with Crippen LogP contribution in [-0.2, 0) is 0 Å². The lowest BCUT2D eigenvalue weighted by molar-refractivity contribution is 0.0681. The van der Waals surface area contributed by atoms with Gasteiger partial charge in [-0.05, 0) is 59.8 Å². The van der Waals surface area contributed by atoms with Crippen LogP contribution in [0, 0.1) is 5.82 Å². The van der Waals surface area contributed by atoms with Crippen LogP contribution in [0.3, 0.4) is 0 Å². The Bertz CT molecular complexity index is 525. The molecule has 0 aliphatic carbocycles. The molecule has 0 aromatic heterocycles. The molecule has 0 radical (unpaired) electrons. The Morgan fingerprint density at radius 3 is 2.60 bits per heavy atom. The van der Waals surface area contributed by atoms with E-state index in [-0.39, 0.29) is 17.8 Å². The molecule has 2 bridgehead atoms. The lowest BCUT2D eigenvalue weighted by Gasteiger charge is -2.35. The van der Waals surface area contributed by atoms with Gasteiger partial charge in [-0.25, -0.2) is 4.39 Å². The van der Waals surface area contributed by atoms with E-state index in [1.165, 1.54) is 18.9 Å². The number of benzene rings is 1. The third kappa shape index (κ3) is 2.61. The highest BCUT2D eigenvalue weighted by molar-refractivity contribution is 9.10. The topological polar surface area (TPSA) is 32.3 Å². The summed E-state index contributed by atoms with van der Waals surface area (Å²) >= 11 is 3.13. The van der Waals surface area contributed by atoms with E-state index in [2.05, 4.69) is 21.2 Å². The molecule has 0 saturated carbocycles. The van der Waals surface area contributed by atoms with Crippen molar-refractivity contribution in [2.24, 2.45) is 0 Å². The number of carbonyl (C=O) groups is 1. The van der Waals surface area contributed by atoms with Crippen LogP contribution in [-0.4, -0.2) is 36.0 Å². The highest BCUT2D eigenvalue weighted by Gasteiger charge is 2.36. The first-order valence-corrected chi connectivity index (χ1v) is 7.82. The maximum Gasteiger partial charge on any atom is 0.253 e. The molecule has 1 amide bonds. The quantitative estimate of drug-likeness (QED) is 0.897. The van der Waals surface area contributed by atoms with Crippen molar-refractivity contribution in [1.82, 2.24) is 10.2 Å². The van der Waals surface area contributed by atoms with Crippen LogP contribution in [0.5, 0.6) is 0 Å². The zero-order valence-corrected chi connectivity index (χ0v) is 13.0. The number of amides is 1. The summed E-state index contributed by atoms with van der Waals surface area (Å²) < 4.78 is 13.6. The molecule has 1 aromatic carbocycles. The number of halogens is 2. The van der Waals surface area contributed by atoms with Gasteiger partial charge in [0.2, 0.25) is 0 Å². The van der Waals surface area contributed by atoms with Crippen molar-refractivity contribution >= 4 is 21.8 Å². The Hall–Kier alpha value is -0.940. The molecule has 1 unspecified atom stereocenters. The average Bonchev–Trinajstić information content (AvgIpc) is 2.79. The van der Waals surface area contributed by atoms with Gasteiger partial charge in [0, 0.05) is 30.7 Å². The fraction of sp³-hybridized carbons (Fsp3) is 0.533. The number of fused-ring (bicyclic) bond motifs is 2. The number of nitrogens with zero attached hydrogens (tertiary/aromatic N) is 1. The molecule has 20 heavy (non-hydrogen) atoms. The fourth-order valence-corrected chi connectivity index (χ4v) is 3.72. The maximum absolute atomic E-state index is 13.2. The first-order valence-electron chi connectivity index (χ1n) is 7.03. The Morgan fingerprint density at radius 2 is 2.00 bits per heavy atom. The smallest absolute Gasteiger partial charge is 0.253 e. The van der Waals surface area contributed by atoms with Crippen molar-refractivity contribution in [3.8, 4) is 0 Å². The molecular formula is C15H18BrFN2O. The second-order valence-electron chi connectivity index (χ2n) is 5.81. The Kier molecular flexibility index (Phi) is 3.82. The molecular weight excluding hydrogens is 323 g/mol. The normalized spacial score (nSPS) is 28.4. The molecule has 3 rings (SSSR count). The SMILES string of the molecule is CN(C(=O)c1ccc(F)c(Br)c1)C1C[C@H]2CC[C@@H](C1)N2. The van der Waals surface area contributed by atoms with E-state index in [1.807, 2.05) is 11.9 Å². The van der Waals surface area contributed by atoms with Crippen molar-refractivity contribution in [3.05, 3.63) is 34.1 Å². The number of hydrogen-bond acceptors (Lipinski definition) is 2. The number of nitrogens with one attached hydrogen (secondary N) is 1. The van der Waals surface area contributed by atoms with Gasteiger partial charge in [0.15, 0.2) is 0 Å². The number of piperidine rings is 1. The summed E-state index contributed by atoms with van der Waals surface area (Å²) in [6.45, 7) is 0. The van der Waals surface area contributed by atoms with E-state index >= 15 is 0 Å². The van der Waals surface area contributed by atoms with Crippen LogP contribution in [0.4, 0.5) is 4.39 Å². The molecule has 3 atom stereocenters. The van der Waals surface area contributed by atoms with Crippen LogP contribution in [0.1, 0.15) is 36.0 Å². The minimum Gasteiger partial charge on any atom is -0.339 e. The minimum atomic E-state index is -0.343. The lowest BCUT2D eigenvalue weighted by Crippen LogP contribution is -2.48. The molecule has 2 fully saturated rings. The molecule has 1 N–H and O–H groups in total. The summed E-state index contributed by atoms with van der Waals surface area (Å²) in [7, 11) is 1.86. The van der Waals surface area contributed by atoms with Crippen molar-refractivity contribution in [2.45, 2.75) is 43.8 Å². The first-order chi connectivity index (χ1) is 9.54.